The molecule has 3 aliphatic heterocycles. The van der Waals surface area contributed by atoms with Crippen LogP contribution >= 0.6 is 0 Å². The predicted molar refractivity (Wildman–Crippen MR) is 232 cm³/mol. The third-order valence-corrected chi connectivity index (χ3v) is 16.0. The maximum atomic E-state index is 13.9. The van der Waals surface area contributed by atoms with E-state index in [9.17, 15) is 23.3 Å². The van der Waals surface area contributed by atoms with Crippen molar-refractivity contribution in [3.63, 3.8) is 0 Å². The second-order valence-electron chi connectivity index (χ2n) is 18.4. The average molecular weight is 859 g/mol. The molecule has 6 aliphatic rings. The molecule has 11 rings (SSSR count). The summed E-state index contributed by atoms with van der Waals surface area (Å²) in [6.07, 6.45) is 14.0. The van der Waals surface area contributed by atoms with Gasteiger partial charge in [-0.3, -0.25) is 19.8 Å². The molecule has 3 aromatic heterocycles. The van der Waals surface area contributed by atoms with Gasteiger partial charge in [0.05, 0.1) is 36.1 Å². The molecule has 1 amide bonds. The quantitative estimate of drug-likeness (QED) is 0.0782. The van der Waals surface area contributed by atoms with E-state index in [1.54, 1.807) is 41.7 Å². The molecule has 3 atom stereocenters. The number of carbonyl (C=O) groups excluding carboxylic acids is 1. The normalized spacial score (nSPS) is 24.5. The fourth-order valence-electron chi connectivity index (χ4n) is 11.0. The number of piperidine rings is 1. The monoisotopic (exact) mass is 858 g/mol. The lowest BCUT2D eigenvalue weighted by atomic mass is 9.59. The van der Waals surface area contributed by atoms with E-state index in [2.05, 4.69) is 59.1 Å². The molecule has 1 spiro atoms. The Bertz CT molecular complexity index is 2660. The van der Waals surface area contributed by atoms with E-state index in [4.69, 9.17) is 9.47 Å². The number of nitro groups is 1. The topological polar surface area (TPSA) is 185 Å². The number of aromatic amines is 1. The summed E-state index contributed by atoms with van der Waals surface area (Å²) in [4.78, 5) is 41.5. The zero-order valence-electron chi connectivity index (χ0n) is 34.4. The van der Waals surface area contributed by atoms with Gasteiger partial charge in [0.1, 0.15) is 22.0 Å². The van der Waals surface area contributed by atoms with Crippen LogP contribution < -0.4 is 19.7 Å². The van der Waals surface area contributed by atoms with Crippen LogP contribution in [-0.4, -0.2) is 84.5 Å². The number of rotatable bonds is 13. The van der Waals surface area contributed by atoms with E-state index >= 15 is 0 Å². The van der Waals surface area contributed by atoms with Gasteiger partial charge in [-0.1, -0.05) is 24.3 Å². The number of nitrogens with zero attached hydrogens (tertiary/aromatic N) is 5. The molecule has 0 bridgehead atoms. The molecule has 15 nitrogen and oxygen atoms in total. The number of H-pyrrole nitrogens is 1. The van der Waals surface area contributed by atoms with E-state index in [0.29, 0.717) is 66.4 Å². The molecule has 6 heterocycles. The molecule has 0 radical (unpaired) electrons. The highest BCUT2D eigenvalue weighted by molar-refractivity contribution is 7.90. The zero-order chi connectivity index (χ0) is 42.2. The van der Waals surface area contributed by atoms with Crippen LogP contribution in [0.25, 0.3) is 11.0 Å². The summed E-state index contributed by atoms with van der Waals surface area (Å²) in [5.41, 5.74) is 4.47. The fraction of sp³-hybridized carbons (Fsp3) is 0.457. The summed E-state index contributed by atoms with van der Waals surface area (Å²) in [6.45, 7) is 4.69. The molecule has 2 aromatic carbocycles. The third kappa shape index (κ3) is 7.34. The Labute approximate surface area is 359 Å². The molecule has 3 saturated carbocycles. The first-order valence-corrected chi connectivity index (χ1v) is 23.5. The number of aromatic nitrogens is 3. The highest BCUT2D eigenvalue weighted by Crippen LogP contribution is 2.55. The Kier molecular flexibility index (Phi) is 9.72. The number of benzene rings is 2. The molecule has 2 unspecified atom stereocenters. The standard InChI is InChI=1S/C46H50N8O7S/c55-45(51-62(58,59)33-20-41(54(56)57)44(49-24-33)50-25-37-38-26-60-27-39(37)38)36-10-9-30(19-42(36)61-32-18-29-11-14-47-43(29)48-23-32)52-16-12-46(13-17-52)21-31(22-46)53-15-3-6-40(53)35-5-2-1-4-34(35)28-7-8-28/h1-2,4-5,9-11,14,18-20,23-24,28,31,37-40H,3,6-8,12-13,15-17,21-22,25-27H2,(H,47,48)(H,49,50)(H,51,55)/t37?,38?,39?,40-/m1/s1. The van der Waals surface area contributed by atoms with Crippen molar-refractivity contribution in [2.45, 2.75) is 74.3 Å². The van der Waals surface area contributed by atoms with Crippen LogP contribution in [0, 0.1) is 33.3 Å². The van der Waals surface area contributed by atoms with Crippen molar-refractivity contribution in [1.82, 2.24) is 24.6 Å². The lowest BCUT2D eigenvalue weighted by Gasteiger charge is -2.56. The zero-order valence-corrected chi connectivity index (χ0v) is 35.2. The van der Waals surface area contributed by atoms with E-state index < -0.39 is 31.4 Å². The van der Waals surface area contributed by atoms with E-state index in [1.165, 1.54) is 45.1 Å². The Hall–Kier alpha value is -5.58. The van der Waals surface area contributed by atoms with E-state index in [0.717, 1.165) is 55.2 Å². The number of carbonyl (C=O) groups is 1. The lowest BCUT2D eigenvalue weighted by molar-refractivity contribution is -0.384. The van der Waals surface area contributed by atoms with Crippen LogP contribution in [0.4, 0.5) is 17.2 Å². The summed E-state index contributed by atoms with van der Waals surface area (Å²) in [5, 5.41) is 15.9. The van der Waals surface area contributed by atoms with Gasteiger partial charge in [0.25, 0.3) is 15.9 Å². The minimum absolute atomic E-state index is 0.0232. The van der Waals surface area contributed by atoms with Crippen LogP contribution in [0.1, 0.15) is 84.8 Å². The first kappa shape index (κ1) is 39.3. The van der Waals surface area contributed by atoms with Crippen molar-refractivity contribution in [2.75, 3.05) is 49.6 Å². The summed E-state index contributed by atoms with van der Waals surface area (Å²) in [6, 6.07) is 20.0. The number of likely N-dealkylation sites (tertiary alicyclic amines) is 1. The largest absolute Gasteiger partial charge is 0.455 e. The Morgan fingerprint density at radius 1 is 0.968 bits per heavy atom. The van der Waals surface area contributed by atoms with Gasteiger partial charge in [0.2, 0.25) is 5.82 Å². The third-order valence-electron chi connectivity index (χ3n) is 14.7. The molecule has 16 heteroatoms. The predicted octanol–water partition coefficient (Wildman–Crippen LogP) is 7.54. The molecule has 3 aliphatic carbocycles. The van der Waals surface area contributed by atoms with Crippen molar-refractivity contribution in [1.29, 1.82) is 0 Å². The first-order chi connectivity index (χ1) is 30.1. The molecule has 3 saturated heterocycles. The number of anilines is 2. The number of amides is 1. The van der Waals surface area contributed by atoms with Gasteiger partial charge in [-0.25, -0.2) is 23.1 Å². The minimum Gasteiger partial charge on any atom is -0.455 e. The first-order valence-electron chi connectivity index (χ1n) is 22.0. The molecule has 3 N–H and O–H groups in total. The number of pyridine rings is 2. The van der Waals surface area contributed by atoms with Crippen LogP contribution in [0.5, 0.6) is 11.5 Å². The maximum Gasteiger partial charge on any atom is 0.312 e. The van der Waals surface area contributed by atoms with Crippen LogP contribution in [0.3, 0.4) is 0 Å². The highest BCUT2D eigenvalue weighted by atomic mass is 32.2. The number of sulfonamides is 1. The Morgan fingerprint density at radius 3 is 2.53 bits per heavy atom. The van der Waals surface area contributed by atoms with Gasteiger partial charge in [-0.05, 0) is 122 Å². The van der Waals surface area contributed by atoms with Gasteiger partial charge in [-0.15, -0.1) is 0 Å². The number of hydrogen-bond donors (Lipinski definition) is 3. The van der Waals surface area contributed by atoms with E-state index in [1.807, 2.05) is 12.1 Å². The maximum absolute atomic E-state index is 13.9. The van der Waals surface area contributed by atoms with Gasteiger partial charge < -0.3 is 24.7 Å². The second-order valence-corrected chi connectivity index (χ2v) is 20.0. The molecular weight excluding hydrogens is 809 g/mol. The fourth-order valence-corrected chi connectivity index (χ4v) is 11.9. The van der Waals surface area contributed by atoms with Gasteiger partial charge in [0.15, 0.2) is 0 Å². The van der Waals surface area contributed by atoms with Crippen molar-refractivity contribution < 1.29 is 27.6 Å². The number of fused-ring (bicyclic) bond motifs is 2. The summed E-state index contributed by atoms with van der Waals surface area (Å²) >= 11 is 0. The number of ether oxygens (including phenoxy) is 2. The van der Waals surface area contributed by atoms with Gasteiger partial charge in [-0.2, -0.15) is 0 Å². The summed E-state index contributed by atoms with van der Waals surface area (Å²) in [7, 11) is -4.59. The minimum atomic E-state index is -4.59. The Morgan fingerprint density at radius 2 is 1.76 bits per heavy atom. The number of hydrogen-bond acceptors (Lipinski definition) is 12. The van der Waals surface area contributed by atoms with Crippen LogP contribution in [0.2, 0.25) is 0 Å². The van der Waals surface area contributed by atoms with Crippen LogP contribution in [0.15, 0.2) is 84.1 Å². The summed E-state index contributed by atoms with van der Waals surface area (Å²) < 4.78 is 41.2. The lowest BCUT2D eigenvalue weighted by Crippen LogP contribution is -2.54. The molecule has 322 valence electrons. The van der Waals surface area contributed by atoms with Crippen molar-refractivity contribution in [3.05, 3.63) is 106 Å². The summed E-state index contributed by atoms with van der Waals surface area (Å²) in [5.74, 6) is 1.46. The molecule has 5 aromatic rings. The second kappa shape index (κ2) is 15.3. The average Bonchev–Trinajstić information content (AvgIpc) is 3.97. The smallest absolute Gasteiger partial charge is 0.312 e. The van der Waals surface area contributed by atoms with E-state index in [-0.39, 0.29) is 17.1 Å². The van der Waals surface area contributed by atoms with Crippen molar-refractivity contribution >= 4 is 44.2 Å². The molecular formula is C46H50N8O7S. The number of nitrogens with one attached hydrogen (secondary N) is 3. The molecule has 6 fully saturated rings. The van der Waals surface area contributed by atoms with Crippen LogP contribution in [-0.2, 0) is 14.8 Å². The van der Waals surface area contributed by atoms with Crippen molar-refractivity contribution in [2.24, 2.45) is 23.2 Å². The highest BCUT2D eigenvalue weighted by Gasteiger charge is 2.54. The molecule has 62 heavy (non-hydrogen) atoms. The van der Waals surface area contributed by atoms with Gasteiger partial charge in [0, 0.05) is 61.1 Å². The SMILES string of the molecule is O=C(NS(=O)(=O)c1cnc(NCC2C3COCC23)c([N+](=O)[O-])c1)c1ccc(N2CCC3(CC2)CC(N2CCC[C@@H]2c2ccccc2C2CC2)C3)cc1Oc1cnc2[nH]ccc2c1. The van der Waals surface area contributed by atoms with Gasteiger partial charge >= 0.3 is 5.69 Å². The Balaban J connectivity index is 0.790. The van der Waals surface area contributed by atoms with Crippen molar-refractivity contribution in [3.8, 4) is 11.5 Å².